The molecule has 0 radical (unpaired) electrons. The maximum Gasteiger partial charge on any atom is 0.133 e. The van der Waals surface area contributed by atoms with Crippen LogP contribution in [0, 0.1) is 5.92 Å². The van der Waals surface area contributed by atoms with Crippen LogP contribution in [0.1, 0.15) is 12.8 Å². The van der Waals surface area contributed by atoms with E-state index < -0.39 is 12.3 Å². The Morgan fingerprint density at radius 3 is 2.73 bits per heavy atom. The predicted octanol–water partition coefficient (Wildman–Crippen LogP) is 1.56. The van der Waals surface area contributed by atoms with Crippen molar-refractivity contribution in [1.82, 2.24) is 5.32 Å². The van der Waals surface area contributed by atoms with Gasteiger partial charge < -0.3 is 5.32 Å². The summed E-state index contributed by atoms with van der Waals surface area (Å²) in [5.41, 5.74) is 0. The second-order valence-electron chi connectivity index (χ2n) is 3.30. The van der Waals surface area contributed by atoms with Crippen molar-refractivity contribution < 1.29 is 8.78 Å². The highest BCUT2D eigenvalue weighted by Gasteiger charge is 2.37. The molecule has 0 aromatic heterocycles. The first-order valence-corrected chi connectivity index (χ1v) is 3.98. The van der Waals surface area contributed by atoms with Crippen molar-refractivity contribution in [1.29, 1.82) is 0 Å². The lowest BCUT2D eigenvalue weighted by atomic mass is 9.84. The number of hydrogen-bond donors (Lipinski definition) is 1. The van der Waals surface area contributed by atoms with Gasteiger partial charge in [-0.05, 0) is 12.6 Å². The summed E-state index contributed by atoms with van der Waals surface area (Å²) in [4.78, 5) is 0. The molecule has 1 aliphatic carbocycles. The average molecular weight is 159 g/mol. The molecule has 0 aromatic carbocycles. The fourth-order valence-corrected chi connectivity index (χ4v) is 1.84. The van der Waals surface area contributed by atoms with Gasteiger partial charge in [-0.25, -0.2) is 8.78 Å². The third kappa shape index (κ3) is 1.12. The number of rotatable bonds is 0. The first kappa shape index (κ1) is 7.07. The SMILES string of the molecule is FC1CC2C=CNC2CC1F. The lowest BCUT2D eigenvalue weighted by molar-refractivity contribution is 0.0878. The molecule has 1 saturated carbocycles. The van der Waals surface area contributed by atoms with E-state index in [2.05, 4.69) is 5.32 Å². The van der Waals surface area contributed by atoms with Gasteiger partial charge in [0.05, 0.1) is 0 Å². The molecular weight excluding hydrogens is 148 g/mol. The summed E-state index contributed by atoms with van der Waals surface area (Å²) in [6.45, 7) is 0. The number of fused-ring (bicyclic) bond motifs is 1. The normalized spacial score (nSPS) is 48.5. The van der Waals surface area contributed by atoms with Crippen LogP contribution in [0.15, 0.2) is 12.3 Å². The van der Waals surface area contributed by atoms with E-state index in [-0.39, 0.29) is 12.0 Å². The van der Waals surface area contributed by atoms with Crippen molar-refractivity contribution in [3.05, 3.63) is 12.3 Å². The van der Waals surface area contributed by atoms with E-state index in [0.717, 1.165) is 0 Å². The smallest absolute Gasteiger partial charge is 0.133 e. The van der Waals surface area contributed by atoms with Crippen molar-refractivity contribution in [3.8, 4) is 0 Å². The molecule has 2 rings (SSSR count). The standard InChI is InChI=1S/C8H11F2N/c9-6-3-5-1-2-11-8(5)4-7(6)10/h1-2,5-8,11H,3-4H2. The van der Waals surface area contributed by atoms with Gasteiger partial charge in [0.15, 0.2) is 0 Å². The van der Waals surface area contributed by atoms with Crippen LogP contribution in [0.2, 0.25) is 0 Å². The highest BCUT2D eigenvalue weighted by molar-refractivity contribution is 5.07. The van der Waals surface area contributed by atoms with Gasteiger partial charge in [-0.1, -0.05) is 6.08 Å². The molecule has 2 aliphatic rings. The maximum atomic E-state index is 12.8. The number of halogens is 2. The first-order valence-electron chi connectivity index (χ1n) is 3.98. The van der Waals surface area contributed by atoms with Crippen molar-refractivity contribution >= 4 is 0 Å². The van der Waals surface area contributed by atoms with Crippen molar-refractivity contribution in [2.24, 2.45) is 5.92 Å². The lowest BCUT2D eigenvalue weighted by Crippen LogP contribution is -2.40. The third-order valence-electron chi connectivity index (χ3n) is 2.54. The summed E-state index contributed by atoms with van der Waals surface area (Å²) >= 11 is 0. The zero-order chi connectivity index (χ0) is 7.84. The highest BCUT2D eigenvalue weighted by Crippen LogP contribution is 2.32. The van der Waals surface area contributed by atoms with Crippen LogP contribution in [-0.2, 0) is 0 Å². The Morgan fingerprint density at radius 2 is 1.91 bits per heavy atom. The van der Waals surface area contributed by atoms with Crippen LogP contribution in [0.3, 0.4) is 0 Å². The summed E-state index contributed by atoms with van der Waals surface area (Å²) in [6.07, 6.45) is 1.89. The first-order chi connectivity index (χ1) is 5.27. The number of nitrogens with one attached hydrogen (secondary N) is 1. The second kappa shape index (κ2) is 2.47. The van der Waals surface area contributed by atoms with E-state index in [1.165, 1.54) is 0 Å². The molecule has 62 valence electrons. The van der Waals surface area contributed by atoms with Gasteiger partial charge in [0.1, 0.15) is 12.3 Å². The topological polar surface area (TPSA) is 12.0 Å². The second-order valence-corrected chi connectivity index (χ2v) is 3.30. The molecule has 1 N–H and O–H groups in total. The van der Waals surface area contributed by atoms with Crippen LogP contribution in [-0.4, -0.2) is 18.4 Å². The molecule has 4 unspecified atom stereocenters. The number of hydrogen-bond acceptors (Lipinski definition) is 1. The highest BCUT2D eigenvalue weighted by atomic mass is 19.2. The Kier molecular flexibility index (Phi) is 1.59. The zero-order valence-electron chi connectivity index (χ0n) is 6.13. The molecule has 1 heterocycles. The van der Waals surface area contributed by atoms with Crippen LogP contribution in [0.4, 0.5) is 8.78 Å². The molecule has 11 heavy (non-hydrogen) atoms. The molecule has 1 aliphatic heterocycles. The molecule has 4 atom stereocenters. The minimum atomic E-state index is -1.26. The molecule has 0 spiro atoms. The number of alkyl halides is 2. The van der Waals surface area contributed by atoms with Crippen molar-refractivity contribution in [3.63, 3.8) is 0 Å². The predicted molar refractivity (Wildman–Crippen MR) is 38.6 cm³/mol. The molecule has 0 saturated heterocycles. The van der Waals surface area contributed by atoms with E-state index in [1.807, 2.05) is 6.08 Å². The van der Waals surface area contributed by atoms with Gasteiger partial charge in [-0.15, -0.1) is 0 Å². The molecule has 0 amide bonds. The van der Waals surface area contributed by atoms with Gasteiger partial charge >= 0.3 is 0 Å². The molecule has 3 heteroatoms. The molecule has 1 nitrogen and oxygen atoms in total. The minimum Gasteiger partial charge on any atom is -0.388 e. The fourth-order valence-electron chi connectivity index (χ4n) is 1.84. The summed E-state index contributed by atoms with van der Waals surface area (Å²) in [5, 5.41) is 3.02. The van der Waals surface area contributed by atoms with E-state index >= 15 is 0 Å². The molecular formula is C8H11F2N. The summed E-state index contributed by atoms with van der Waals surface area (Å²) in [6, 6.07) is 0.150. The Labute approximate surface area is 64.5 Å². The Bertz CT molecular complexity index is 181. The maximum absolute atomic E-state index is 12.8. The Morgan fingerprint density at radius 1 is 1.18 bits per heavy atom. The van der Waals surface area contributed by atoms with E-state index in [4.69, 9.17) is 0 Å². The van der Waals surface area contributed by atoms with Crippen LogP contribution in [0.25, 0.3) is 0 Å². The van der Waals surface area contributed by atoms with E-state index in [9.17, 15) is 8.78 Å². The molecule has 0 aromatic rings. The minimum absolute atomic E-state index is 0.150. The molecule has 1 fully saturated rings. The van der Waals surface area contributed by atoms with Crippen LogP contribution < -0.4 is 5.32 Å². The Hall–Kier alpha value is -0.600. The molecule has 0 bridgehead atoms. The average Bonchev–Trinajstić information content (AvgIpc) is 2.36. The van der Waals surface area contributed by atoms with Gasteiger partial charge in [-0.2, -0.15) is 0 Å². The van der Waals surface area contributed by atoms with Crippen molar-refractivity contribution in [2.75, 3.05) is 0 Å². The van der Waals surface area contributed by atoms with Gasteiger partial charge in [0.25, 0.3) is 0 Å². The zero-order valence-corrected chi connectivity index (χ0v) is 6.13. The lowest BCUT2D eigenvalue weighted by Gasteiger charge is -2.30. The monoisotopic (exact) mass is 159 g/mol. The largest absolute Gasteiger partial charge is 0.388 e. The quantitative estimate of drug-likeness (QED) is 0.565. The summed E-state index contributed by atoms with van der Waals surface area (Å²) in [5.74, 6) is 0.219. The van der Waals surface area contributed by atoms with Crippen LogP contribution >= 0.6 is 0 Å². The summed E-state index contributed by atoms with van der Waals surface area (Å²) in [7, 11) is 0. The Balaban J connectivity index is 2.04. The van der Waals surface area contributed by atoms with Crippen molar-refractivity contribution in [2.45, 2.75) is 31.2 Å². The van der Waals surface area contributed by atoms with E-state index in [0.29, 0.717) is 12.8 Å². The summed E-state index contributed by atoms with van der Waals surface area (Å²) < 4.78 is 25.6. The van der Waals surface area contributed by atoms with Gasteiger partial charge in [0, 0.05) is 18.4 Å². The van der Waals surface area contributed by atoms with Gasteiger partial charge in [-0.3, -0.25) is 0 Å². The van der Waals surface area contributed by atoms with Crippen LogP contribution in [0.5, 0.6) is 0 Å². The van der Waals surface area contributed by atoms with E-state index in [1.54, 1.807) is 6.20 Å². The van der Waals surface area contributed by atoms with Gasteiger partial charge in [0.2, 0.25) is 0 Å². The third-order valence-corrected chi connectivity index (χ3v) is 2.54. The fraction of sp³-hybridized carbons (Fsp3) is 0.750.